The lowest BCUT2D eigenvalue weighted by Crippen LogP contribution is -2.31. The maximum atomic E-state index is 11.1. The first-order valence-corrected chi connectivity index (χ1v) is 3.76. The first kappa shape index (κ1) is 8.49. The molecule has 1 saturated heterocycles. The Labute approximate surface area is 66.3 Å². The molecule has 1 unspecified atom stereocenters. The van der Waals surface area contributed by atoms with E-state index in [0.717, 1.165) is 0 Å². The van der Waals surface area contributed by atoms with Crippen LogP contribution in [0.2, 0.25) is 0 Å². The number of hydrogen-bond acceptors (Lipinski definition) is 3. The molecule has 0 saturated carbocycles. The SMILES string of the molecule is COCCN1CC(N)CC1=O. The number of ether oxygens (including phenoxy) is 1. The number of carbonyl (C=O) groups excluding carboxylic acids is 1. The van der Waals surface area contributed by atoms with Crippen LogP contribution in [-0.4, -0.2) is 43.7 Å². The third-order valence-electron chi connectivity index (χ3n) is 1.81. The van der Waals surface area contributed by atoms with Crippen LogP contribution < -0.4 is 5.73 Å². The summed E-state index contributed by atoms with van der Waals surface area (Å²) < 4.78 is 4.85. The van der Waals surface area contributed by atoms with E-state index < -0.39 is 0 Å². The van der Waals surface area contributed by atoms with Gasteiger partial charge in [-0.2, -0.15) is 0 Å². The molecule has 0 aliphatic carbocycles. The van der Waals surface area contributed by atoms with Gasteiger partial charge in [-0.05, 0) is 0 Å². The van der Waals surface area contributed by atoms with E-state index in [2.05, 4.69) is 0 Å². The zero-order chi connectivity index (χ0) is 8.27. The molecule has 0 aromatic rings. The van der Waals surface area contributed by atoms with Gasteiger partial charge in [0.15, 0.2) is 0 Å². The van der Waals surface area contributed by atoms with Crippen LogP contribution in [0.5, 0.6) is 0 Å². The lowest BCUT2D eigenvalue weighted by Gasteiger charge is -2.14. The van der Waals surface area contributed by atoms with E-state index in [4.69, 9.17) is 10.5 Å². The van der Waals surface area contributed by atoms with Crippen molar-refractivity contribution in [3.8, 4) is 0 Å². The molecule has 2 N–H and O–H groups in total. The number of amides is 1. The molecule has 1 aliphatic heterocycles. The van der Waals surface area contributed by atoms with Crippen molar-refractivity contribution < 1.29 is 9.53 Å². The Bertz CT molecular complexity index is 149. The van der Waals surface area contributed by atoms with E-state index in [1.54, 1.807) is 12.0 Å². The lowest BCUT2D eigenvalue weighted by atomic mass is 10.3. The molecule has 0 aromatic heterocycles. The largest absolute Gasteiger partial charge is 0.383 e. The average Bonchev–Trinajstić information content (AvgIpc) is 2.26. The normalized spacial score (nSPS) is 24.7. The van der Waals surface area contributed by atoms with Crippen LogP contribution in [-0.2, 0) is 9.53 Å². The molecule has 0 aromatic carbocycles. The Kier molecular flexibility index (Phi) is 2.84. The molecule has 1 atom stereocenters. The van der Waals surface area contributed by atoms with Gasteiger partial charge in [-0.15, -0.1) is 0 Å². The van der Waals surface area contributed by atoms with Gasteiger partial charge in [0.1, 0.15) is 0 Å². The van der Waals surface area contributed by atoms with E-state index in [0.29, 0.717) is 26.1 Å². The van der Waals surface area contributed by atoms with Crippen LogP contribution in [0.15, 0.2) is 0 Å². The van der Waals surface area contributed by atoms with Crippen LogP contribution in [0.1, 0.15) is 6.42 Å². The number of hydrogen-bond donors (Lipinski definition) is 1. The third kappa shape index (κ3) is 2.17. The van der Waals surface area contributed by atoms with Gasteiger partial charge in [0, 0.05) is 32.7 Å². The van der Waals surface area contributed by atoms with E-state index in [1.165, 1.54) is 0 Å². The summed E-state index contributed by atoms with van der Waals surface area (Å²) in [5, 5.41) is 0. The first-order chi connectivity index (χ1) is 5.24. The number of nitrogens with two attached hydrogens (primary N) is 1. The van der Waals surface area contributed by atoms with Gasteiger partial charge in [0.2, 0.25) is 5.91 Å². The van der Waals surface area contributed by atoms with Crippen molar-refractivity contribution in [3.05, 3.63) is 0 Å². The van der Waals surface area contributed by atoms with Crippen LogP contribution in [0, 0.1) is 0 Å². The quantitative estimate of drug-likeness (QED) is 0.584. The molecule has 4 heteroatoms. The predicted molar refractivity (Wildman–Crippen MR) is 41.0 cm³/mol. The Morgan fingerprint density at radius 3 is 3.00 bits per heavy atom. The fourth-order valence-corrected chi connectivity index (χ4v) is 1.22. The van der Waals surface area contributed by atoms with Gasteiger partial charge in [0.05, 0.1) is 6.61 Å². The van der Waals surface area contributed by atoms with E-state index in [1.807, 2.05) is 0 Å². The van der Waals surface area contributed by atoms with Crippen LogP contribution in [0.4, 0.5) is 0 Å². The van der Waals surface area contributed by atoms with Crippen molar-refractivity contribution in [2.24, 2.45) is 5.73 Å². The molecule has 1 amide bonds. The molecular weight excluding hydrogens is 144 g/mol. The van der Waals surface area contributed by atoms with Gasteiger partial charge in [-0.3, -0.25) is 4.79 Å². The highest BCUT2D eigenvalue weighted by Gasteiger charge is 2.25. The summed E-state index contributed by atoms with van der Waals surface area (Å²) >= 11 is 0. The molecule has 0 radical (unpaired) electrons. The van der Waals surface area contributed by atoms with E-state index >= 15 is 0 Å². The molecule has 1 rings (SSSR count). The van der Waals surface area contributed by atoms with Crippen LogP contribution in [0.3, 0.4) is 0 Å². The summed E-state index contributed by atoms with van der Waals surface area (Å²) in [5.41, 5.74) is 5.58. The lowest BCUT2D eigenvalue weighted by molar-refractivity contribution is -0.128. The van der Waals surface area contributed by atoms with Gasteiger partial charge in [-0.1, -0.05) is 0 Å². The fraction of sp³-hybridized carbons (Fsp3) is 0.857. The van der Waals surface area contributed by atoms with Gasteiger partial charge in [0.25, 0.3) is 0 Å². The van der Waals surface area contributed by atoms with Gasteiger partial charge in [-0.25, -0.2) is 0 Å². The second-order valence-corrected chi connectivity index (χ2v) is 2.80. The average molecular weight is 158 g/mol. The molecule has 4 nitrogen and oxygen atoms in total. The summed E-state index contributed by atoms with van der Waals surface area (Å²) in [5.74, 6) is 0.148. The number of methoxy groups -OCH3 is 1. The Hall–Kier alpha value is -0.610. The van der Waals surface area contributed by atoms with E-state index in [-0.39, 0.29) is 11.9 Å². The number of likely N-dealkylation sites (tertiary alicyclic amines) is 1. The molecular formula is C7H14N2O2. The molecule has 1 heterocycles. The zero-order valence-corrected chi connectivity index (χ0v) is 6.75. The minimum atomic E-state index is 0.0272. The second-order valence-electron chi connectivity index (χ2n) is 2.80. The van der Waals surface area contributed by atoms with Gasteiger partial charge >= 0.3 is 0 Å². The molecule has 1 aliphatic rings. The summed E-state index contributed by atoms with van der Waals surface area (Å²) in [6.45, 7) is 1.95. The monoisotopic (exact) mass is 158 g/mol. The molecule has 0 spiro atoms. The van der Waals surface area contributed by atoms with Crippen molar-refractivity contribution in [2.75, 3.05) is 26.8 Å². The minimum absolute atomic E-state index is 0.0272. The fourth-order valence-electron chi connectivity index (χ4n) is 1.22. The summed E-state index contributed by atoms with van der Waals surface area (Å²) in [7, 11) is 1.63. The Morgan fingerprint density at radius 1 is 1.82 bits per heavy atom. The number of rotatable bonds is 3. The highest BCUT2D eigenvalue weighted by Crippen LogP contribution is 2.07. The van der Waals surface area contributed by atoms with Crippen molar-refractivity contribution >= 4 is 5.91 Å². The maximum Gasteiger partial charge on any atom is 0.224 e. The number of nitrogens with zero attached hydrogens (tertiary/aromatic N) is 1. The van der Waals surface area contributed by atoms with Gasteiger partial charge < -0.3 is 15.4 Å². The summed E-state index contributed by atoms with van der Waals surface area (Å²) in [6.07, 6.45) is 0.490. The smallest absolute Gasteiger partial charge is 0.224 e. The van der Waals surface area contributed by atoms with Crippen LogP contribution in [0.25, 0.3) is 0 Å². The molecule has 0 bridgehead atoms. The van der Waals surface area contributed by atoms with Crippen molar-refractivity contribution in [3.63, 3.8) is 0 Å². The standard InChI is InChI=1S/C7H14N2O2/c1-11-3-2-9-5-6(8)4-7(9)10/h6H,2-5,8H2,1H3. The third-order valence-corrected chi connectivity index (χ3v) is 1.81. The predicted octanol–water partition coefficient (Wildman–Crippen LogP) is -0.808. The zero-order valence-electron chi connectivity index (χ0n) is 6.75. The molecule has 1 fully saturated rings. The number of carbonyl (C=O) groups is 1. The Morgan fingerprint density at radius 2 is 2.55 bits per heavy atom. The van der Waals surface area contributed by atoms with Crippen molar-refractivity contribution in [1.82, 2.24) is 4.90 Å². The highest BCUT2D eigenvalue weighted by molar-refractivity contribution is 5.79. The molecule has 64 valence electrons. The Balaban J connectivity index is 2.29. The summed E-state index contributed by atoms with van der Waals surface area (Å²) in [4.78, 5) is 12.8. The highest BCUT2D eigenvalue weighted by atomic mass is 16.5. The topological polar surface area (TPSA) is 55.6 Å². The van der Waals surface area contributed by atoms with Crippen molar-refractivity contribution in [2.45, 2.75) is 12.5 Å². The summed E-state index contributed by atoms with van der Waals surface area (Å²) in [6, 6.07) is 0.0272. The maximum absolute atomic E-state index is 11.1. The molecule has 11 heavy (non-hydrogen) atoms. The minimum Gasteiger partial charge on any atom is -0.383 e. The second kappa shape index (κ2) is 3.69. The first-order valence-electron chi connectivity index (χ1n) is 3.76. The van der Waals surface area contributed by atoms with Crippen molar-refractivity contribution in [1.29, 1.82) is 0 Å². The van der Waals surface area contributed by atoms with Crippen LogP contribution >= 0.6 is 0 Å². The van der Waals surface area contributed by atoms with E-state index in [9.17, 15) is 4.79 Å².